The van der Waals surface area contributed by atoms with Gasteiger partial charge in [-0.15, -0.1) is 0 Å². The third kappa shape index (κ3) is 2.18. The average Bonchev–Trinajstić information content (AvgIpc) is 3.22. The Morgan fingerprint density at radius 3 is 2.06 bits per heavy atom. The van der Waals surface area contributed by atoms with Crippen molar-refractivity contribution in [3.05, 3.63) is 52.8 Å². The maximum absolute atomic E-state index is 5.34. The van der Waals surface area contributed by atoms with Crippen molar-refractivity contribution in [2.75, 3.05) is 0 Å². The molecule has 2 aliphatic rings. The molecule has 0 saturated carbocycles. The van der Waals surface area contributed by atoms with E-state index in [0.29, 0.717) is 0 Å². The first-order chi connectivity index (χ1) is 15.9. The third-order valence-corrected chi connectivity index (χ3v) is 11.8. The molecular weight excluding hydrogens is 426 g/mol. The van der Waals surface area contributed by atoms with Crippen molar-refractivity contribution in [2.24, 2.45) is 10.8 Å². The van der Waals surface area contributed by atoms with E-state index in [1.807, 2.05) is 6.33 Å². The summed E-state index contributed by atoms with van der Waals surface area (Å²) in [5.41, 5.74) is 10.5. The smallest absolute Gasteiger partial charge is 0.148 e. The zero-order valence-corrected chi connectivity index (χ0v) is 23.7. The fourth-order valence-electron chi connectivity index (χ4n) is 8.07. The molecule has 6 rings (SSSR count). The summed E-state index contributed by atoms with van der Waals surface area (Å²) in [4.78, 5) is 10.4. The number of hydrogen-bond donors (Lipinski definition) is 0. The average molecular weight is 468 g/mol. The summed E-state index contributed by atoms with van der Waals surface area (Å²) in [6.45, 7) is 29.1. The predicted octanol–water partition coefficient (Wildman–Crippen LogP) is 8.23. The van der Waals surface area contributed by atoms with Gasteiger partial charge in [-0.2, -0.15) is 0 Å². The number of fused-ring (bicyclic) bond motifs is 6. The van der Waals surface area contributed by atoms with Crippen LogP contribution in [0.2, 0.25) is 0 Å². The Morgan fingerprint density at radius 1 is 0.800 bits per heavy atom. The van der Waals surface area contributed by atoms with Crippen LogP contribution in [-0.4, -0.2) is 14.4 Å². The zero-order chi connectivity index (χ0) is 25.7. The Hall–Kier alpha value is -2.42. The minimum Gasteiger partial charge on any atom is -0.282 e. The van der Waals surface area contributed by atoms with Gasteiger partial charge in [-0.25, -0.2) is 9.97 Å². The first-order valence-electron chi connectivity index (χ1n) is 13.2. The Morgan fingerprint density at radius 2 is 1.43 bits per heavy atom. The lowest BCUT2D eigenvalue weighted by atomic mass is 9.47. The Bertz CT molecular complexity index is 1590. The highest BCUT2D eigenvalue weighted by molar-refractivity contribution is 5.99. The highest BCUT2D eigenvalue weighted by Crippen LogP contribution is 2.76. The van der Waals surface area contributed by atoms with Gasteiger partial charge >= 0.3 is 0 Å². The maximum atomic E-state index is 5.34. The number of nitrogens with zero attached hydrogens (tertiary/aromatic N) is 3. The van der Waals surface area contributed by atoms with E-state index in [-0.39, 0.29) is 32.5 Å². The van der Waals surface area contributed by atoms with Crippen LogP contribution in [0.1, 0.15) is 105 Å². The van der Waals surface area contributed by atoms with E-state index < -0.39 is 0 Å². The van der Waals surface area contributed by atoms with Crippen LogP contribution in [0.4, 0.5) is 0 Å². The standard InChI is InChI=1S/C32H41N3/c1-27(2,3)19-15-13-14-18-24(19)33-17-35-25-21(34-26(18)35)16-20-22-23(25)29(6,7)31(10,11)32(22,12)30(8,9)28(20,4)5/h13-17H,1-12H3. The molecule has 0 bridgehead atoms. The third-order valence-electron chi connectivity index (χ3n) is 11.8. The molecule has 2 aromatic heterocycles. The largest absolute Gasteiger partial charge is 0.282 e. The molecule has 184 valence electrons. The molecule has 1 unspecified atom stereocenters. The summed E-state index contributed by atoms with van der Waals surface area (Å²) in [5.74, 6) is 0. The second-order valence-electron chi connectivity index (χ2n) is 14.7. The molecule has 0 fully saturated rings. The van der Waals surface area contributed by atoms with Gasteiger partial charge in [-0.1, -0.05) is 95.2 Å². The molecule has 0 amide bonds. The molecule has 1 atom stereocenters. The minimum absolute atomic E-state index is 0.0166. The number of para-hydroxylation sites is 1. The van der Waals surface area contributed by atoms with Crippen molar-refractivity contribution in [3.8, 4) is 0 Å². The normalized spacial score (nSPS) is 25.6. The highest BCUT2D eigenvalue weighted by Gasteiger charge is 2.72. The minimum atomic E-state index is -0.0166. The molecule has 0 spiro atoms. The number of imidazole rings is 1. The van der Waals surface area contributed by atoms with Crippen LogP contribution >= 0.6 is 0 Å². The first-order valence-corrected chi connectivity index (χ1v) is 13.2. The van der Waals surface area contributed by atoms with E-state index >= 15 is 0 Å². The van der Waals surface area contributed by atoms with E-state index in [1.54, 1.807) is 5.56 Å². The summed E-state index contributed by atoms with van der Waals surface area (Å²) >= 11 is 0. The Kier molecular flexibility index (Phi) is 3.90. The van der Waals surface area contributed by atoms with Gasteiger partial charge in [0.1, 0.15) is 12.0 Å². The molecular formula is C32H41N3. The molecule has 4 aromatic rings. The molecule has 0 radical (unpaired) electrons. The quantitative estimate of drug-likeness (QED) is 0.261. The SMILES string of the molecule is CC(C)(C)c1cccc2c1ncn1c2nc2cc3c4c(c21)C(C)(C)C(C)(C)C4(C)C(C)(C)C3(C)C. The van der Waals surface area contributed by atoms with Crippen LogP contribution in [0.25, 0.3) is 27.6 Å². The fraction of sp³-hybridized carbons (Fsp3) is 0.562. The van der Waals surface area contributed by atoms with E-state index in [0.717, 1.165) is 22.1 Å². The molecule has 2 aliphatic carbocycles. The second-order valence-corrected chi connectivity index (χ2v) is 14.7. The van der Waals surface area contributed by atoms with Gasteiger partial charge in [-0.05, 0) is 61.5 Å². The van der Waals surface area contributed by atoms with Gasteiger partial charge in [-0.3, -0.25) is 4.40 Å². The van der Waals surface area contributed by atoms with Crippen molar-refractivity contribution in [2.45, 2.75) is 105 Å². The first kappa shape index (κ1) is 23.0. The number of hydrogen-bond acceptors (Lipinski definition) is 2. The van der Waals surface area contributed by atoms with Crippen LogP contribution in [0.5, 0.6) is 0 Å². The Labute approximate surface area is 210 Å². The van der Waals surface area contributed by atoms with Crippen LogP contribution in [-0.2, 0) is 21.7 Å². The molecule has 3 nitrogen and oxygen atoms in total. The monoisotopic (exact) mass is 467 g/mol. The predicted molar refractivity (Wildman–Crippen MR) is 148 cm³/mol. The van der Waals surface area contributed by atoms with Crippen molar-refractivity contribution >= 4 is 27.6 Å². The van der Waals surface area contributed by atoms with Crippen molar-refractivity contribution < 1.29 is 0 Å². The molecule has 2 aromatic carbocycles. The van der Waals surface area contributed by atoms with E-state index in [1.165, 1.54) is 22.2 Å². The summed E-state index contributed by atoms with van der Waals surface area (Å²) in [5, 5.41) is 1.14. The second kappa shape index (κ2) is 5.93. The van der Waals surface area contributed by atoms with Crippen molar-refractivity contribution in [3.63, 3.8) is 0 Å². The van der Waals surface area contributed by atoms with Crippen LogP contribution in [0, 0.1) is 10.8 Å². The van der Waals surface area contributed by atoms with Crippen LogP contribution in [0.3, 0.4) is 0 Å². The molecule has 0 saturated heterocycles. The van der Waals surface area contributed by atoms with Crippen LogP contribution < -0.4 is 0 Å². The molecule has 2 heterocycles. The lowest BCUT2D eigenvalue weighted by Gasteiger charge is -2.56. The number of aromatic nitrogens is 3. The summed E-state index contributed by atoms with van der Waals surface area (Å²) in [6.07, 6.45) is 2.04. The van der Waals surface area contributed by atoms with E-state index in [9.17, 15) is 0 Å². The lowest BCUT2D eigenvalue weighted by molar-refractivity contribution is -0.0103. The van der Waals surface area contributed by atoms with Gasteiger partial charge in [0.05, 0.1) is 16.6 Å². The van der Waals surface area contributed by atoms with Gasteiger partial charge in [0.25, 0.3) is 0 Å². The molecule has 0 aliphatic heterocycles. The molecule has 3 heteroatoms. The summed E-state index contributed by atoms with van der Waals surface area (Å²) < 4.78 is 2.29. The number of benzene rings is 2. The number of rotatable bonds is 0. The highest BCUT2D eigenvalue weighted by atomic mass is 15.1. The van der Waals surface area contributed by atoms with E-state index in [4.69, 9.17) is 9.97 Å². The van der Waals surface area contributed by atoms with Crippen molar-refractivity contribution in [1.29, 1.82) is 0 Å². The van der Waals surface area contributed by atoms with Gasteiger partial charge in [0.2, 0.25) is 0 Å². The topological polar surface area (TPSA) is 30.2 Å². The maximum Gasteiger partial charge on any atom is 0.148 e. The summed E-state index contributed by atoms with van der Waals surface area (Å²) in [6, 6.07) is 8.99. The van der Waals surface area contributed by atoms with Crippen molar-refractivity contribution in [1.82, 2.24) is 14.4 Å². The summed E-state index contributed by atoms with van der Waals surface area (Å²) in [7, 11) is 0. The zero-order valence-electron chi connectivity index (χ0n) is 23.7. The molecule has 0 N–H and O–H groups in total. The Balaban J connectivity index is 1.84. The van der Waals surface area contributed by atoms with E-state index in [2.05, 4.69) is 112 Å². The van der Waals surface area contributed by atoms with Gasteiger partial charge in [0.15, 0.2) is 0 Å². The fourth-order valence-corrected chi connectivity index (χ4v) is 8.07. The van der Waals surface area contributed by atoms with Gasteiger partial charge in [0, 0.05) is 10.8 Å². The van der Waals surface area contributed by atoms with Gasteiger partial charge < -0.3 is 0 Å². The lowest BCUT2D eigenvalue weighted by Crippen LogP contribution is -2.55. The molecule has 35 heavy (non-hydrogen) atoms. The van der Waals surface area contributed by atoms with Crippen LogP contribution in [0.15, 0.2) is 30.6 Å².